The molecule has 0 saturated carbocycles. The van der Waals surface area contributed by atoms with Crippen molar-refractivity contribution in [3.05, 3.63) is 58.1 Å². The van der Waals surface area contributed by atoms with Crippen LogP contribution in [0.25, 0.3) is 0 Å². The summed E-state index contributed by atoms with van der Waals surface area (Å²) in [5, 5.41) is 1.60. The van der Waals surface area contributed by atoms with Gasteiger partial charge in [-0.15, -0.1) is 0 Å². The van der Waals surface area contributed by atoms with E-state index in [-0.39, 0.29) is 0 Å². The first-order chi connectivity index (χ1) is 11.5. The van der Waals surface area contributed by atoms with E-state index in [1.165, 1.54) is 36.6 Å². The van der Waals surface area contributed by atoms with Crippen molar-refractivity contribution < 1.29 is 9.80 Å². The van der Waals surface area contributed by atoms with E-state index in [1.807, 2.05) is 24.3 Å². The second kappa shape index (κ2) is 8.11. The molecule has 0 aromatic heterocycles. The Morgan fingerprint density at radius 3 is 2.38 bits per heavy atom. The topological polar surface area (TPSA) is 8.88 Å². The Bertz CT molecular complexity index is 700. The van der Waals surface area contributed by atoms with Gasteiger partial charge in [0.15, 0.2) is 0 Å². The molecule has 0 amide bonds. The minimum atomic E-state index is 0.432. The lowest BCUT2D eigenvalue weighted by molar-refractivity contribution is -1.02. The molecule has 0 radical (unpaired) electrons. The van der Waals surface area contributed by atoms with Gasteiger partial charge in [0.2, 0.25) is 0 Å². The number of piperazine rings is 1. The Hall–Kier alpha value is -0.710. The van der Waals surface area contributed by atoms with E-state index >= 15 is 0 Å². The van der Waals surface area contributed by atoms with E-state index < -0.39 is 0 Å². The maximum Gasteiger partial charge on any atom is 0.127 e. The van der Waals surface area contributed by atoms with E-state index in [0.29, 0.717) is 6.04 Å². The summed E-state index contributed by atoms with van der Waals surface area (Å²) in [6, 6.07) is 14.7. The summed E-state index contributed by atoms with van der Waals surface area (Å²) in [7, 11) is 2.28. The highest BCUT2D eigenvalue weighted by atomic mass is 35.5. The minimum Gasteiger partial charge on any atom is -0.328 e. The summed E-state index contributed by atoms with van der Waals surface area (Å²) in [6.45, 7) is 7.18. The van der Waals surface area contributed by atoms with Crippen molar-refractivity contribution in [2.75, 3.05) is 33.2 Å². The van der Waals surface area contributed by atoms with E-state index in [0.717, 1.165) is 14.9 Å². The van der Waals surface area contributed by atoms with E-state index in [4.69, 9.17) is 23.2 Å². The average Bonchev–Trinajstić information content (AvgIpc) is 2.58. The summed E-state index contributed by atoms with van der Waals surface area (Å²) in [5.41, 5.74) is 1.32. The molecule has 1 saturated heterocycles. The van der Waals surface area contributed by atoms with Crippen molar-refractivity contribution in [1.29, 1.82) is 0 Å². The van der Waals surface area contributed by atoms with Crippen molar-refractivity contribution in [3.63, 3.8) is 0 Å². The smallest absolute Gasteiger partial charge is 0.127 e. The highest BCUT2D eigenvalue weighted by Gasteiger charge is 2.28. The number of halogens is 2. The SMILES string of the molecule is C[C@H](c1cc(Cl)ccc1Sc1ccccc1Cl)[NH+]1CC[NH+](C)CC1. The molecule has 2 aromatic rings. The Morgan fingerprint density at radius 1 is 0.958 bits per heavy atom. The van der Waals surface area contributed by atoms with E-state index in [9.17, 15) is 0 Å². The Morgan fingerprint density at radius 2 is 1.67 bits per heavy atom. The molecule has 0 spiro atoms. The van der Waals surface area contributed by atoms with Crippen LogP contribution in [0.1, 0.15) is 18.5 Å². The second-order valence-corrected chi connectivity index (χ2v) is 8.48. The maximum atomic E-state index is 6.35. The molecule has 0 aliphatic carbocycles. The average molecular weight is 383 g/mol. The van der Waals surface area contributed by atoms with Gasteiger partial charge in [-0.25, -0.2) is 0 Å². The molecule has 5 heteroatoms. The third kappa shape index (κ3) is 4.27. The number of benzene rings is 2. The summed E-state index contributed by atoms with van der Waals surface area (Å²) < 4.78 is 0. The molecule has 1 aliphatic heterocycles. The van der Waals surface area contributed by atoms with Crippen molar-refractivity contribution in [2.24, 2.45) is 0 Å². The van der Waals surface area contributed by atoms with Crippen LogP contribution >= 0.6 is 35.0 Å². The molecule has 128 valence electrons. The molecule has 0 unspecified atom stereocenters. The van der Waals surface area contributed by atoms with Gasteiger partial charge in [0.25, 0.3) is 0 Å². The molecule has 0 bridgehead atoms. The number of nitrogens with one attached hydrogen (secondary N) is 2. The fraction of sp³-hybridized carbons (Fsp3) is 0.368. The van der Waals surface area contributed by atoms with Gasteiger partial charge in [-0.1, -0.05) is 47.1 Å². The zero-order chi connectivity index (χ0) is 17.1. The summed E-state index contributed by atoms with van der Waals surface area (Å²) in [5.74, 6) is 0. The molecule has 1 fully saturated rings. The van der Waals surface area contributed by atoms with Gasteiger partial charge < -0.3 is 9.80 Å². The van der Waals surface area contributed by atoms with Crippen LogP contribution in [0.3, 0.4) is 0 Å². The fourth-order valence-electron chi connectivity index (χ4n) is 3.25. The Kier molecular flexibility index (Phi) is 6.12. The van der Waals surface area contributed by atoms with Crippen molar-refractivity contribution >= 4 is 35.0 Å². The summed E-state index contributed by atoms with van der Waals surface area (Å²) in [4.78, 5) is 5.61. The number of quaternary nitrogens is 2. The largest absolute Gasteiger partial charge is 0.328 e. The molecule has 1 aliphatic rings. The van der Waals surface area contributed by atoms with Gasteiger partial charge in [0, 0.05) is 20.4 Å². The van der Waals surface area contributed by atoms with Crippen LogP contribution < -0.4 is 9.80 Å². The van der Waals surface area contributed by atoms with Crippen LogP contribution in [0.15, 0.2) is 52.3 Å². The monoisotopic (exact) mass is 382 g/mol. The third-order valence-corrected chi connectivity index (χ3v) is 6.70. The number of likely N-dealkylation sites (N-methyl/N-ethyl adjacent to an activating group) is 1. The Labute approximate surface area is 158 Å². The molecule has 1 atom stereocenters. The van der Waals surface area contributed by atoms with Gasteiger partial charge in [0.05, 0.1) is 12.1 Å². The normalized spacial score (nSPS) is 22.3. The van der Waals surface area contributed by atoms with Crippen LogP contribution in [0.2, 0.25) is 10.0 Å². The Balaban J connectivity index is 1.87. The van der Waals surface area contributed by atoms with Crippen LogP contribution in [0.4, 0.5) is 0 Å². The predicted molar refractivity (Wildman–Crippen MR) is 103 cm³/mol. The van der Waals surface area contributed by atoms with Gasteiger partial charge in [-0.2, -0.15) is 0 Å². The molecule has 2 N–H and O–H groups in total. The van der Waals surface area contributed by atoms with E-state index in [2.05, 4.69) is 32.2 Å². The molecule has 2 aromatic carbocycles. The van der Waals surface area contributed by atoms with E-state index in [1.54, 1.807) is 21.6 Å². The van der Waals surface area contributed by atoms with Gasteiger partial charge in [-0.05, 0) is 37.3 Å². The molecular weight excluding hydrogens is 359 g/mol. The third-order valence-electron chi connectivity index (χ3n) is 4.85. The maximum absolute atomic E-state index is 6.35. The number of hydrogen-bond acceptors (Lipinski definition) is 1. The number of hydrogen-bond donors (Lipinski definition) is 2. The van der Waals surface area contributed by atoms with Crippen LogP contribution in [0.5, 0.6) is 0 Å². The highest BCUT2D eigenvalue weighted by Crippen LogP contribution is 2.37. The van der Waals surface area contributed by atoms with Crippen LogP contribution in [-0.4, -0.2) is 33.2 Å². The van der Waals surface area contributed by atoms with Crippen molar-refractivity contribution in [3.8, 4) is 0 Å². The highest BCUT2D eigenvalue weighted by molar-refractivity contribution is 7.99. The van der Waals surface area contributed by atoms with Crippen molar-refractivity contribution in [2.45, 2.75) is 22.8 Å². The van der Waals surface area contributed by atoms with Crippen LogP contribution in [-0.2, 0) is 0 Å². The molecule has 1 heterocycles. The zero-order valence-corrected chi connectivity index (χ0v) is 16.4. The fourth-order valence-corrected chi connectivity index (χ4v) is 4.72. The van der Waals surface area contributed by atoms with Gasteiger partial charge in [0.1, 0.15) is 32.2 Å². The molecule has 2 nitrogen and oxygen atoms in total. The number of rotatable bonds is 4. The lowest BCUT2D eigenvalue weighted by atomic mass is 10.1. The summed E-state index contributed by atoms with van der Waals surface area (Å²) in [6.07, 6.45) is 0. The predicted octanol–water partition coefficient (Wildman–Crippen LogP) is 2.62. The first-order valence-electron chi connectivity index (χ1n) is 8.42. The van der Waals surface area contributed by atoms with Crippen LogP contribution in [0, 0.1) is 0 Å². The molecule has 3 rings (SSSR count). The van der Waals surface area contributed by atoms with Gasteiger partial charge >= 0.3 is 0 Å². The minimum absolute atomic E-state index is 0.432. The van der Waals surface area contributed by atoms with Crippen molar-refractivity contribution in [1.82, 2.24) is 0 Å². The molecule has 24 heavy (non-hydrogen) atoms. The lowest BCUT2D eigenvalue weighted by Gasteiger charge is -2.32. The lowest BCUT2D eigenvalue weighted by Crippen LogP contribution is -3.26. The second-order valence-electron chi connectivity index (χ2n) is 6.55. The molecular formula is C19H24Cl2N2S+2. The quantitative estimate of drug-likeness (QED) is 0.825. The standard InChI is InChI=1S/C19H22Cl2N2S/c1-14(23-11-9-22(2)10-12-23)16-13-15(20)7-8-18(16)24-19-6-4-3-5-17(19)21/h3-8,13-14H,9-12H2,1-2H3/p+2/t14-/m1/s1. The first-order valence-corrected chi connectivity index (χ1v) is 9.99. The zero-order valence-electron chi connectivity index (χ0n) is 14.1. The van der Waals surface area contributed by atoms with Gasteiger partial charge in [-0.3, -0.25) is 0 Å². The first kappa shape index (κ1) is 18.1. The summed E-state index contributed by atoms with van der Waals surface area (Å²) >= 11 is 14.4.